The molecule has 1 rings (SSSR count). The van der Waals surface area contributed by atoms with Crippen LogP contribution in [0.15, 0.2) is 11.6 Å². The average Bonchev–Trinajstić information content (AvgIpc) is 2.26. The summed E-state index contributed by atoms with van der Waals surface area (Å²) in [6.45, 7) is 14.1. The van der Waals surface area contributed by atoms with Crippen LogP contribution in [0.25, 0.3) is 0 Å². The molecule has 0 aromatic carbocycles. The zero-order chi connectivity index (χ0) is 10.2. The summed E-state index contributed by atoms with van der Waals surface area (Å²) in [7, 11) is 0. The molecule has 1 aliphatic carbocycles. The van der Waals surface area contributed by atoms with Crippen LogP contribution in [-0.2, 0) is 0 Å². The van der Waals surface area contributed by atoms with Gasteiger partial charge in [0.15, 0.2) is 0 Å². The van der Waals surface area contributed by atoms with Crippen molar-refractivity contribution in [2.24, 2.45) is 23.2 Å². The summed E-state index contributed by atoms with van der Waals surface area (Å²) in [5.41, 5.74) is 2.12. The predicted molar refractivity (Wildman–Crippen MR) is 59.6 cm³/mol. The second-order valence-electron chi connectivity index (χ2n) is 5.38. The van der Waals surface area contributed by atoms with Crippen LogP contribution in [0.5, 0.6) is 0 Å². The summed E-state index contributed by atoms with van der Waals surface area (Å²) in [5, 5.41) is 0. The van der Waals surface area contributed by atoms with E-state index < -0.39 is 0 Å². The molecule has 0 aromatic rings. The zero-order valence-electron chi connectivity index (χ0n) is 10.0. The van der Waals surface area contributed by atoms with Gasteiger partial charge in [-0.05, 0) is 36.5 Å². The van der Waals surface area contributed by atoms with Crippen LogP contribution >= 0.6 is 0 Å². The van der Waals surface area contributed by atoms with Gasteiger partial charge in [0.2, 0.25) is 0 Å². The molecule has 76 valence electrons. The minimum absolute atomic E-state index is 0.486. The third-order valence-corrected chi connectivity index (χ3v) is 3.99. The Morgan fingerprint density at radius 3 is 1.85 bits per heavy atom. The highest BCUT2D eigenvalue weighted by Crippen LogP contribution is 2.52. The van der Waals surface area contributed by atoms with Crippen molar-refractivity contribution in [3.05, 3.63) is 11.6 Å². The lowest BCUT2D eigenvalue weighted by molar-refractivity contribution is 0.150. The van der Waals surface area contributed by atoms with E-state index in [-0.39, 0.29) is 0 Å². The van der Waals surface area contributed by atoms with Crippen LogP contribution in [0.1, 0.15) is 48.0 Å². The summed E-state index contributed by atoms with van der Waals surface area (Å²) in [5.74, 6) is 2.33. The van der Waals surface area contributed by atoms with E-state index in [2.05, 4.69) is 47.6 Å². The highest BCUT2D eigenvalue weighted by Gasteiger charge is 2.42. The van der Waals surface area contributed by atoms with E-state index in [9.17, 15) is 0 Å². The van der Waals surface area contributed by atoms with Crippen molar-refractivity contribution in [3.8, 4) is 0 Å². The van der Waals surface area contributed by atoms with Crippen molar-refractivity contribution in [1.82, 2.24) is 0 Å². The Hall–Kier alpha value is -0.260. The second-order valence-corrected chi connectivity index (χ2v) is 5.38. The zero-order valence-corrected chi connectivity index (χ0v) is 10.0. The highest BCUT2D eigenvalue weighted by atomic mass is 14.5. The van der Waals surface area contributed by atoms with Crippen molar-refractivity contribution < 1.29 is 0 Å². The van der Waals surface area contributed by atoms with Gasteiger partial charge in [-0.15, -0.1) is 0 Å². The molecule has 0 nitrogen and oxygen atoms in total. The van der Waals surface area contributed by atoms with Gasteiger partial charge in [0.25, 0.3) is 0 Å². The van der Waals surface area contributed by atoms with Crippen molar-refractivity contribution in [1.29, 1.82) is 0 Å². The van der Waals surface area contributed by atoms with E-state index in [0.717, 1.165) is 17.8 Å². The molecule has 0 heteroatoms. The molecule has 1 atom stereocenters. The molecule has 0 saturated carbocycles. The summed E-state index contributed by atoms with van der Waals surface area (Å²) in [6.07, 6.45) is 3.83. The molecular weight excluding hydrogens is 156 g/mol. The predicted octanol–water partition coefficient (Wildman–Crippen LogP) is 4.27. The minimum atomic E-state index is 0.486. The maximum Gasteiger partial charge on any atom is -0.00393 e. The number of rotatable bonds is 2. The van der Waals surface area contributed by atoms with Crippen molar-refractivity contribution in [2.45, 2.75) is 48.0 Å². The number of hydrogen-bond donors (Lipinski definition) is 0. The van der Waals surface area contributed by atoms with Gasteiger partial charge in [0.1, 0.15) is 0 Å². The molecule has 0 heterocycles. The number of hydrogen-bond acceptors (Lipinski definition) is 0. The number of allylic oxidation sites excluding steroid dienone is 2. The van der Waals surface area contributed by atoms with Crippen LogP contribution < -0.4 is 0 Å². The van der Waals surface area contributed by atoms with Gasteiger partial charge >= 0.3 is 0 Å². The van der Waals surface area contributed by atoms with Gasteiger partial charge in [-0.1, -0.05) is 46.3 Å². The first kappa shape index (κ1) is 10.8. The summed E-state index contributed by atoms with van der Waals surface area (Å²) in [6, 6.07) is 0. The van der Waals surface area contributed by atoms with Crippen LogP contribution in [0, 0.1) is 23.2 Å². The van der Waals surface area contributed by atoms with Crippen molar-refractivity contribution in [2.75, 3.05) is 0 Å². The van der Waals surface area contributed by atoms with E-state index in [4.69, 9.17) is 0 Å². The standard InChI is InChI=1S/C13H24/c1-9(2)13(10(3)4)8-11(5)7-12(13)6/h7,9-11H,8H2,1-6H3. The summed E-state index contributed by atoms with van der Waals surface area (Å²) < 4.78 is 0. The topological polar surface area (TPSA) is 0 Å². The molecule has 0 N–H and O–H groups in total. The first-order valence-electron chi connectivity index (χ1n) is 5.60. The fourth-order valence-corrected chi connectivity index (χ4v) is 3.38. The summed E-state index contributed by atoms with van der Waals surface area (Å²) in [4.78, 5) is 0. The van der Waals surface area contributed by atoms with Crippen LogP contribution in [0.2, 0.25) is 0 Å². The van der Waals surface area contributed by atoms with Crippen LogP contribution in [0.3, 0.4) is 0 Å². The van der Waals surface area contributed by atoms with Crippen molar-refractivity contribution >= 4 is 0 Å². The molecule has 0 spiro atoms. The molecule has 0 aromatic heterocycles. The third-order valence-electron chi connectivity index (χ3n) is 3.99. The molecule has 0 amide bonds. The smallest absolute Gasteiger partial charge is 0.00393 e. The van der Waals surface area contributed by atoms with Crippen LogP contribution in [-0.4, -0.2) is 0 Å². The lowest BCUT2D eigenvalue weighted by Gasteiger charge is -2.40. The monoisotopic (exact) mass is 180 g/mol. The Kier molecular flexibility index (Phi) is 2.89. The Labute approximate surface area is 83.4 Å². The van der Waals surface area contributed by atoms with Gasteiger partial charge in [-0.3, -0.25) is 0 Å². The molecular formula is C13H24. The molecule has 1 aliphatic rings. The molecule has 0 bridgehead atoms. The fraction of sp³-hybridized carbons (Fsp3) is 0.846. The van der Waals surface area contributed by atoms with E-state index >= 15 is 0 Å². The molecule has 0 fully saturated rings. The molecule has 13 heavy (non-hydrogen) atoms. The molecule has 1 unspecified atom stereocenters. The van der Waals surface area contributed by atoms with Gasteiger partial charge in [0, 0.05) is 0 Å². The Morgan fingerprint density at radius 1 is 1.23 bits per heavy atom. The van der Waals surface area contributed by atoms with Gasteiger partial charge in [-0.2, -0.15) is 0 Å². The lowest BCUT2D eigenvalue weighted by atomic mass is 9.64. The molecule has 0 radical (unpaired) electrons. The normalized spacial score (nSPS) is 27.1. The van der Waals surface area contributed by atoms with E-state index in [1.165, 1.54) is 6.42 Å². The van der Waals surface area contributed by atoms with E-state index in [0.29, 0.717) is 5.41 Å². The van der Waals surface area contributed by atoms with Crippen LogP contribution in [0.4, 0.5) is 0 Å². The average molecular weight is 180 g/mol. The minimum Gasteiger partial charge on any atom is -0.0822 e. The SMILES string of the molecule is CC1=CC(C)CC1(C(C)C)C(C)C. The lowest BCUT2D eigenvalue weighted by Crippen LogP contribution is -2.32. The molecule has 0 saturated heterocycles. The largest absolute Gasteiger partial charge is 0.0822 e. The molecule has 0 aliphatic heterocycles. The Balaban J connectivity index is 3.01. The van der Waals surface area contributed by atoms with Gasteiger partial charge < -0.3 is 0 Å². The Bertz CT molecular complexity index is 200. The second kappa shape index (κ2) is 3.48. The van der Waals surface area contributed by atoms with Gasteiger partial charge in [-0.25, -0.2) is 0 Å². The fourth-order valence-electron chi connectivity index (χ4n) is 3.38. The third kappa shape index (κ3) is 1.56. The van der Waals surface area contributed by atoms with E-state index in [1.807, 2.05) is 0 Å². The van der Waals surface area contributed by atoms with E-state index in [1.54, 1.807) is 5.57 Å². The first-order valence-corrected chi connectivity index (χ1v) is 5.60. The highest BCUT2D eigenvalue weighted by molar-refractivity contribution is 5.22. The maximum absolute atomic E-state index is 2.47. The maximum atomic E-state index is 2.47. The summed E-state index contributed by atoms with van der Waals surface area (Å²) >= 11 is 0. The quantitative estimate of drug-likeness (QED) is 0.557. The van der Waals surface area contributed by atoms with Crippen molar-refractivity contribution in [3.63, 3.8) is 0 Å². The first-order chi connectivity index (χ1) is 5.91. The Morgan fingerprint density at radius 2 is 1.69 bits per heavy atom. The van der Waals surface area contributed by atoms with Gasteiger partial charge in [0.05, 0.1) is 0 Å².